The van der Waals surface area contributed by atoms with Crippen LogP contribution >= 0.6 is 23.2 Å². The Kier molecular flexibility index (Phi) is 9.65. The van der Waals surface area contributed by atoms with E-state index in [1.165, 1.54) is 18.2 Å². The van der Waals surface area contributed by atoms with Crippen molar-refractivity contribution in [1.29, 1.82) is 0 Å². The lowest BCUT2D eigenvalue weighted by molar-refractivity contribution is -0.145. The van der Waals surface area contributed by atoms with Gasteiger partial charge in [0.1, 0.15) is 11.9 Å². The zero-order valence-electron chi connectivity index (χ0n) is 17.3. The minimum absolute atomic E-state index is 0.171. The van der Waals surface area contributed by atoms with Crippen LogP contribution in [0.1, 0.15) is 18.9 Å². The molecule has 1 unspecified atom stereocenters. The largest absolute Gasteiger partial charge is 0.466 e. The summed E-state index contributed by atoms with van der Waals surface area (Å²) < 4.78 is 19.2. The molecular formula is C21H23BCl2FN3O3. The molecule has 0 aliphatic heterocycles. The number of rotatable bonds is 10. The van der Waals surface area contributed by atoms with Crippen molar-refractivity contribution in [2.75, 3.05) is 6.61 Å². The Bertz CT molecular complexity index is 971. The molecule has 0 spiro atoms. The van der Waals surface area contributed by atoms with E-state index in [4.69, 9.17) is 33.5 Å². The van der Waals surface area contributed by atoms with Crippen LogP contribution in [0.5, 0.6) is 0 Å². The van der Waals surface area contributed by atoms with Crippen LogP contribution in [0.3, 0.4) is 0 Å². The Labute approximate surface area is 191 Å². The van der Waals surface area contributed by atoms with E-state index in [-0.39, 0.29) is 18.9 Å². The van der Waals surface area contributed by atoms with E-state index in [1.54, 1.807) is 31.9 Å². The highest BCUT2D eigenvalue weighted by atomic mass is 35.5. The van der Waals surface area contributed by atoms with Gasteiger partial charge in [0.25, 0.3) is 6.92 Å². The molecule has 0 bridgehead atoms. The summed E-state index contributed by atoms with van der Waals surface area (Å²) in [6.07, 6.45) is 1.01. The fourth-order valence-corrected chi connectivity index (χ4v) is 3.89. The molecule has 2 aromatic rings. The second kappa shape index (κ2) is 12.0. The van der Waals surface area contributed by atoms with E-state index in [9.17, 15) is 14.2 Å². The lowest BCUT2D eigenvalue weighted by atomic mass is 9.62. The molecule has 0 aliphatic rings. The van der Waals surface area contributed by atoms with Crippen LogP contribution in [0.2, 0.25) is 23.2 Å². The van der Waals surface area contributed by atoms with E-state index >= 15 is 0 Å². The molecular weight excluding hydrogens is 443 g/mol. The molecule has 6 nitrogen and oxygen atoms in total. The highest BCUT2D eigenvalue weighted by molar-refractivity contribution is 6.48. The van der Waals surface area contributed by atoms with Crippen molar-refractivity contribution >= 4 is 36.1 Å². The van der Waals surface area contributed by atoms with Crippen molar-refractivity contribution in [3.05, 3.63) is 68.3 Å². The first-order valence-electron chi connectivity index (χ1n) is 9.87. The van der Waals surface area contributed by atoms with Crippen molar-refractivity contribution < 1.29 is 18.9 Å². The minimum atomic E-state index is -0.993. The van der Waals surface area contributed by atoms with Gasteiger partial charge in [0.2, 0.25) is 0 Å². The standard InChI is InChI=1S/C21H23BCl2FN3O3/c1-3-31-21(29)20(27-28-26)9-13(12-22(2)30)8-15-5-4-14(10-18(15)24)17-11-16(23)6-7-19(17)25/h4-7,10-11,13,20,30H,3,8-9,12H2,1-2H3/t13-,20?/m1/s1. The molecule has 1 N–H and O–H groups in total. The van der Waals surface area contributed by atoms with E-state index in [0.29, 0.717) is 33.9 Å². The summed E-state index contributed by atoms with van der Waals surface area (Å²) in [5.74, 6) is -1.22. The molecule has 0 fully saturated rings. The van der Waals surface area contributed by atoms with Gasteiger partial charge in [0.15, 0.2) is 0 Å². The third-order valence-corrected chi connectivity index (χ3v) is 5.37. The molecule has 2 aromatic carbocycles. The van der Waals surface area contributed by atoms with Gasteiger partial charge in [0, 0.05) is 20.5 Å². The van der Waals surface area contributed by atoms with Crippen LogP contribution < -0.4 is 0 Å². The fraction of sp³-hybridized carbons (Fsp3) is 0.381. The summed E-state index contributed by atoms with van der Waals surface area (Å²) in [6, 6.07) is 8.48. The maximum Gasteiger partial charge on any atom is 0.314 e. The second-order valence-corrected chi connectivity index (χ2v) is 8.14. The summed E-state index contributed by atoms with van der Waals surface area (Å²) in [6.45, 7) is 2.86. The Morgan fingerprint density at radius 2 is 2.06 bits per heavy atom. The monoisotopic (exact) mass is 465 g/mol. The zero-order chi connectivity index (χ0) is 23.0. The van der Waals surface area contributed by atoms with Gasteiger partial charge in [-0.3, -0.25) is 4.79 Å². The Morgan fingerprint density at radius 1 is 1.32 bits per heavy atom. The first-order chi connectivity index (χ1) is 14.7. The van der Waals surface area contributed by atoms with Gasteiger partial charge in [-0.2, -0.15) is 0 Å². The van der Waals surface area contributed by atoms with E-state index < -0.39 is 24.7 Å². The molecule has 2 atom stereocenters. The Balaban J connectivity index is 2.27. The van der Waals surface area contributed by atoms with Crippen LogP contribution in [0.25, 0.3) is 21.6 Å². The van der Waals surface area contributed by atoms with Crippen molar-refractivity contribution in [2.45, 2.75) is 39.0 Å². The van der Waals surface area contributed by atoms with Gasteiger partial charge in [-0.15, -0.1) is 0 Å². The normalized spacial score (nSPS) is 12.6. The zero-order valence-corrected chi connectivity index (χ0v) is 18.8. The van der Waals surface area contributed by atoms with Gasteiger partial charge >= 0.3 is 5.97 Å². The van der Waals surface area contributed by atoms with E-state index in [1.807, 2.05) is 0 Å². The van der Waals surface area contributed by atoms with Crippen LogP contribution in [0, 0.1) is 11.7 Å². The van der Waals surface area contributed by atoms with E-state index in [0.717, 1.165) is 5.56 Å². The van der Waals surface area contributed by atoms with Gasteiger partial charge in [-0.05, 0) is 72.9 Å². The highest BCUT2D eigenvalue weighted by Gasteiger charge is 2.26. The first-order valence-corrected chi connectivity index (χ1v) is 10.6. The lowest BCUT2D eigenvalue weighted by Gasteiger charge is -2.21. The van der Waals surface area contributed by atoms with Crippen LogP contribution in [0.4, 0.5) is 4.39 Å². The third-order valence-electron chi connectivity index (χ3n) is 4.78. The fourth-order valence-electron chi connectivity index (χ4n) is 3.46. The molecule has 10 heteroatoms. The van der Waals surface area contributed by atoms with Crippen molar-refractivity contribution in [3.63, 3.8) is 0 Å². The average Bonchev–Trinajstić information content (AvgIpc) is 2.70. The van der Waals surface area contributed by atoms with E-state index in [2.05, 4.69) is 10.0 Å². The predicted molar refractivity (Wildman–Crippen MR) is 122 cm³/mol. The molecule has 0 aromatic heterocycles. The number of benzene rings is 2. The Hall–Kier alpha value is -2.25. The Morgan fingerprint density at radius 3 is 2.68 bits per heavy atom. The SMILES string of the molecule is CCOC(=O)C(C[C@H](CB(C)O)Cc1ccc(-c2cc(Cl)ccc2F)cc1Cl)N=[N+]=[N-]. The maximum atomic E-state index is 14.2. The van der Waals surface area contributed by atoms with Gasteiger partial charge in [0.05, 0.1) is 6.61 Å². The number of azide groups is 1. The minimum Gasteiger partial charge on any atom is -0.466 e. The summed E-state index contributed by atoms with van der Waals surface area (Å²) in [4.78, 5) is 14.9. The number of hydrogen-bond acceptors (Lipinski definition) is 4. The topological polar surface area (TPSA) is 95.3 Å². The number of carbonyl (C=O) groups is 1. The number of ether oxygens (including phenoxy) is 1. The van der Waals surface area contributed by atoms with Gasteiger partial charge in [-0.25, -0.2) is 4.39 Å². The summed E-state index contributed by atoms with van der Waals surface area (Å²) >= 11 is 12.5. The van der Waals surface area contributed by atoms with Crippen molar-refractivity contribution in [3.8, 4) is 11.1 Å². The quantitative estimate of drug-likeness (QED) is 0.148. The van der Waals surface area contributed by atoms with Crippen molar-refractivity contribution in [2.24, 2.45) is 11.0 Å². The summed E-state index contributed by atoms with van der Waals surface area (Å²) in [5.41, 5.74) is 10.5. The smallest absolute Gasteiger partial charge is 0.314 e. The third kappa shape index (κ3) is 7.44. The maximum absolute atomic E-state index is 14.2. The lowest BCUT2D eigenvalue weighted by Crippen LogP contribution is -2.27. The number of nitrogens with zero attached hydrogens (tertiary/aromatic N) is 3. The van der Waals surface area contributed by atoms with Gasteiger partial charge in [-0.1, -0.05) is 47.3 Å². The molecule has 164 valence electrons. The van der Waals surface area contributed by atoms with Crippen LogP contribution in [-0.4, -0.2) is 30.6 Å². The highest BCUT2D eigenvalue weighted by Crippen LogP contribution is 2.32. The molecule has 0 radical (unpaired) electrons. The van der Waals surface area contributed by atoms with Crippen LogP contribution in [-0.2, 0) is 16.0 Å². The number of esters is 1. The molecule has 2 rings (SSSR count). The number of hydrogen-bond donors (Lipinski definition) is 1. The second-order valence-electron chi connectivity index (χ2n) is 7.29. The molecule has 0 amide bonds. The molecule has 0 saturated heterocycles. The molecule has 0 heterocycles. The number of halogens is 3. The average molecular weight is 466 g/mol. The summed E-state index contributed by atoms with van der Waals surface area (Å²) in [5, 5.41) is 14.3. The van der Waals surface area contributed by atoms with Crippen LogP contribution in [0.15, 0.2) is 41.5 Å². The predicted octanol–water partition coefficient (Wildman–Crippen LogP) is 6.20. The number of carbonyl (C=O) groups excluding carboxylic acids is 1. The first kappa shape index (κ1) is 25.0. The molecule has 0 saturated carbocycles. The molecule has 0 aliphatic carbocycles. The van der Waals surface area contributed by atoms with Crippen molar-refractivity contribution in [1.82, 2.24) is 0 Å². The van der Waals surface area contributed by atoms with Gasteiger partial charge < -0.3 is 9.76 Å². The molecule has 31 heavy (non-hydrogen) atoms. The summed E-state index contributed by atoms with van der Waals surface area (Å²) in [7, 11) is 0.